The third-order valence-electron chi connectivity index (χ3n) is 4.04. The van der Waals surface area contributed by atoms with Crippen LogP contribution in [0.2, 0.25) is 0 Å². The van der Waals surface area contributed by atoms with Crippen molar-refractivity contribution < 1.29 is 14.3 Å². The smallest absolute Gasteiger partial charge is 0.320 e. The number of nitrogens with zero attached hydrogens (tertiary/aromatic N) is 1. The maximum absolute atomic E-state index is 11.4. The highest BCUT2D eigenvalue weighted by Crippen LogP contribution is 2.43. The summed E-state index contributed by atoms with van der Waals surface area (Å²) in [5.74, 6) is -0.121. The molecular weight excluding hydrogens is 218 g/mol. The van der Waals surface area contributed by atoms with Gasteiger partial charge in [0.1, 0.15) is 0 Å². The number of carbonyl (C=O) groups excluding carboxylic acids is 1. The molecule has 2 aliphatic rings. The number of likely N-dealkylation sites (N-methyl/N-ethyl adjacent to an activating group) is 1. The van der Waals surface area contributed by atoms with Gasteiger partial charge in [-0.05, 0) is 46.1 Å². The van der Waals surface area contributed by atoms with Gasteiger partial charge in [-0.15, -0.1) is 0 Å². The lowest BCUT2D eigenvalue weighted by Crippen LogP contribution is -2.52. The minimum absolute atomic E-state index is 0.121. The van der Waals surface area contributed by atoms with Crippen LogP contribution < -0.4 is 0 Å². The van der Waals surface area contributed by atoms with Crippen molar-refractivity contribution in [3.63, 3.8) is 0 Å². The predicted molar refractivity (Wildman–Crippen MR) is 64.8 cm³/mol. The zero-order valence-corrected chi connectivity index (χ0v) is 10.9. The molecule has 0 aromatic rings. The number of carbonyl (C=O) groups is 1. The Morgan fingerprint density at radius 2 is 2.29 bits per heavy atom. The molecule has 0 radical (unpaired) electrons. The Hall–Kier alpha value is -0.610. The van der Waals surface area contributed by atoms with Crippen LogP contribution in [0.3, 0.4) is 0 Å². The first-order valence-electron chi connectivity index (χ1n) is 6.65. The summed E-state index contributed by atoms with van der Waals surface area (Å²) in [7, 11) is 2.01. The zero-order valence-electron chi connectivity index (χ0n) is 10.9. The molecule has 1 saturated heterocycles. The molecule has 4 heteroatoms. The van der Waals surface area contributed by atoms with Crippen LogP contribution in [-0.2, 0) is 14.3 Å². The second kappa shape index (κ2) is 5.36. The number of rotatable bonds is 4. The first-order chi connectivity index (χ1) is 8.15. The molecule has 98 valence electrons. The van der Waals surface area contributed by atoms with Gasteiger partial charge in [-0.1, -0.05) is 0 Å². The summed E-state index contributed by atoms with van der Waals surface area (Å²) in [6.45, 7) is 3.53. The first-order valence-corrected chi connectivity index (χ1v) is 6.65. The second-order valence-electron chi connectivity index (χ2n) is 5.25. The largest absolute Gasteiger partial charge is 0.465 e. The molecule has 4 nitrogen and oxygen atoms in total. The van der Waals surface area contributed by atoms with Crippen LogP contribution in [0.5, 0.6) is 0 Å². The van der Waals surface area contributed by atoms with Gasteiger partial charge in [-0.2, -0.15) is 0 Å². The van der Waals surface area contributed by atoms with Crippen molar-refractivity contribution in [3.05, 3.63) is 0 Å². The van der Waals surface area contributed by atoms with Crippen molar-refractivity contribution in [2.75, 3.05) is 26.8 Å². The molecule has 1 aliphatic heterocycles. The summed E-state index contributed by atoms with van der Waals surface area (Å²) in [4.78, 5) is 13.6. The van der Waals surface area contributed by atoms with Crippen LogP contribution in [0.1, 0.15) is 39.0 Å². The van der Waals surface area contributed by atoms with Gasteiger partial charge in [0.05, 0.1) is 18.8 Å². The van der Waals surface area contributed by atoms with E-state index in [1.807, 2.05) is 14.0 Å². The van der Waals surface area contributed by atoms with Gasteiger partial charge in [0, 0.05) is 12.6 Å². The maximum Gasteiger partial charge on any atom is 0.320 e. The fourth-order valence-electron chi connectivity index (χ4n) is 2.84. The van der Waals surface area contributed by atoms with E-state index in [2.05, 4.69) is 4.90 Å². The Labute approximate surface area is 103 Å². The molecule has 1 saturated carbocycles. The average molecular weight is 241 g/mol. The summed E-state index contributed by atoms with van der Waals surface area (Å²) in [6, 6.07) is 0.466. The molecule has 0 aromatic heterocycles. The van der Waals surface area contributed by atoms with E-state index in [1.165, 1.54) is 19.3 Å². The Bertz CT molecular complexity index is 276. The number of hydrogen-bond donors (Lipinski definition) is 0. The molecule has 2 rings (SSSR count). The monoisotopic (exact) mass is 241 g/mol. The van der Waals surface area contributed by atoms with Gasteiger partial charge in [0.25, 0.3) is 0 Å². The molecule has 1 atom stereocenters. The van der Waals surface area contributed by atoms with Crippen LogP contribution in [0, 0.1) is 0 Å². The van der Waals surface area contributed by atoms with Crippen LogP contribution in [0.25, 0.3) is 0 Å². The molecule has 1 heterocycles. The van der Waals surface area contributed by atoms with Crippen LogP contribution >= 0.6 is 0 Å². The summed E-state index contributed by atoms with van der Waals surface area (Å²) < 4.78 is 10.9. The number of ether oxygens (including phenoxy) is 2. The van der Waals surface area contributed by atoms with E-state index in [0.29, 0.717) is 19.2 Å². The van der Waals surface area contributed by atoms with E-state index in [1.54, 1.807) is 0 Å². The van der Waals surface area contributed by atoms with E-state index in [4.69, 9.17) is 9.47 Å². The molecule has 1 unspecified atom stereocenters. The van der Waals surface area contributed by atoms with E-state index in [-0.39, 0.29) is 11.6 Å². The van der Waals surface area contributed by atoms with Crippen molar-refractivity contribution in [3.8, 4) is 0 Å². The average Bonchev–Trinajstić information content (AvgIpc) is 2.27. The van der Waals surface area contributed by atoms with Crippen LogP contribution in [0.15, 0.2) is 0 Å². The molecule has 0 amide bonds. The fraction of sp³-hybridized carbons (Fsp3) is 0.923. The van der Waals surface area contributed by atoms with E-state index in [9.17, 15) is 4.79 Å². The molecule has 2 fully saturated rings. The predicted octanol–water partition coefficient (Wildman–Crippen LogP) is 1.58. The Morgan fingerprint density at radius 3 is 2.88 bits per heavy atom. The molecule has 0 bridgehead atoms. The van der Waals surface area contributed by atoms with Crippen molar-refractivity contribution >= 4 is 5.97 Å². The van der Waals surface area contributed by atoms with Gasteiger partial charge < -0.3 is 9.47 Å². The second-order valence-corrected chi connectivity index (χ2v) is 5.25. The Kier molecular flexibility index (Phi) is 4.05. The SMILES string of the molecule is CCOC(=O)CN(C)C1CCOC2(CCC2)C1. The van der Waals surface area contributed by atoms with Crippen molar-refractivity contribution in [2.24, 2.45) is 0 Å². The topological polar surface area (TPSA) is 38.8 Å². The summed E-state index contributed by atoms with van der Waals surface area (Å²) in [5.41, 5.74) is 0.145. The van der Waals surface area contributed by atoms with Crippen molar-refractivity contribution in [2.45, 2.75) is 50.7 Å². The standard InChI is InChI=1S/C13H23NO3/c1-3-16-12(15)10-14(2)11-5-8-17-13(9-11)6-4-7-13/h11H,3-10H2,1-2H3. The van der Waals surface area contributed by atoms with Crippen molar-refractivity contribution in [1.29, 1.82) is 0 Å². The molecule has 17 heavy (non-hydrogen) atoms. The van der Waals surface area contributed by atoms with Gasteiger partial charge in [-0.3, -0.25) is 9.69 Å². The van der Waals surface area contributed by atoms with Gasteiger partial charge in [0.15, 0.2) is 0 Å². The molecule has 0 N–H and O–H groups in total. The van der Waals surface area contributed by atoms with Gasteiger partial charge in [0.2, 0.25) is 0 Å². The summed E-state index contributed by atoms with van der Waals surface area (Å²) in [6.07, 6.45) is 5.77. The van der Waals surface area contributed by atoms with Crippen LogP contribution in [-0.4, -0.2) is 49.3 Å². The minimum Gasteiger partial charge on any atom is -0.465 e. The van der Waals surface area contributed by atoms with E-state index < -0.39 is 0 Å². The summed E-state index contributed by atoms with van der Waals surface area (Å²) >= 11 is 0. The Morgan fingerprint density at radius 1 is 1.53 bits per heavy atom. The maximum atomic E-state index is 11.4. The highest BCUT2D eigenvalue weighted by molar-refractivity contribution is 5.71. The molecule has 1 aliphatic carbocycles. The lowest BCUT2D eigenvalue weighted by molar-refractivity contribution is -0.155. The summed E-state index contributed by atoms with van der Waals surface area (Å²) in [5, 5.41) is 0. The first kappa shape index (κ1) is 12.8. The molecule has 0 aromatic carbocycles. The number of hydrogen-bond acceptors (Lipinski definition) is 4. The number of esters is 1. The lowest BCUT2D eigenvalue weighted by atomic mass is 9.73. The van der Waals surface area contributed by atoms with Crippen LogP contribution in [0.4, 0.5) is 0 Å². The van der Waals surface area contributed by atoms with Gasteiger partial charge in [-0.25, -0.2) is 0 Å². The third kappa shape index (κ3) is 2.99. The zero-order chi connectivity index (χ0) is 12.3. The highest BCUT2D eigenvalue weighted by Gasteiger charge is 2.43. The quantitative estimate of drug-likeness (QED) is 0.701. The highest BCUT2D eigenvalue weighted by atomic mass is 16.5. The fourth-order valence-corrected chi connectivity index (χ4v) is 2.84. The normalized spacial score (nSPS) is 26.9. The molecular formula is C13H23NO3. The van der Waals surface area contributed by atoms with E-state index >= 15 is 0 Å². The van der Waals surface area contributed by atoms with E-state index in [0.717, 1.165) is 19.4 Å². The lowest BCUT2D eigenvalue weighted by Gasteiger charge is -2.48. The Balaban J connectivity index is 1.82. The molecule has 1 spiro atoms. The third-order valence-corrected chi connectivity index (χ3v) is 4.04. The minimum atomic E-state index is -0.121. The van der Waals surface area contributed by atoms with Gasteiger partial charge >= 0.3 is 5.97 Å². The van der Waals surface area contributed by atoms with Crippen molar-refractivity contribution in [1.82, 2.24) is 4.90 Å².